The average molecular weight is 243 g/mol. The number of Topliss-reactive ketones (excluding diaryl/α,β-unsaturated/α-hetero) is 1. The van der Waals surface area contributed by atoms with Crippen LogP contribution in [-0.2, 0) is 0 Å². The van der Waals surface area contributed by atoms with Gasteiger partial charge < -0.3 is 9.73 Å². The number of carbonyl (C=O) groups is 1. The number of hydrogen-bond donors (Lipinski definition) is 1. The molecule has 0 saturated carbocycles. The lowest BCUT2D eigenvalue weighted by Crippen LogP contribution is -2.29. The molecule has 0 bridgehead atoms. The maximum atomic E-state index is 12.5. The SMILES string of the molecule is Cc1ccc2oc(C(=O)C3(C)CCNC3)cc2c1. The zero-order chi connectivity index (χ0) is 12.8. The van der Waals surface area contributed by atoms with Gasteiger partial charge in [0.25, 0.3) is 0 Å². The molecular weight excluding hydrogens is 226 g/mol. The Morgan fingerprint density at radius 2 is 2.22 bits per heavy atom. The second-order valence-corrected chi connectivity index (χ2v) is 5.47. The summed E-state index contributed by atoms with van der Waals surface area (Å²) in [5.74, 6) is 0.600. The summed E-state index contributed by atoms with van der Waals surface area (Å²) in [6.45, 7) is 5.69. The molecule has 2 heterocycles. The number of nitrogens with one attached hydrogen (secondary N) is 1. The highest BCUT2D eigenvalue weighted by atomic mass is 16.3. The van der Waals surface area contributed by atoms with Gasteiger partial charge in [0.15, 0.2) is 5.76 Å². The third kappa shape index (κ3) is 1.75. The van der Waals surface area contributed by atoms with Crippen molar-refractivity contribution >= 4 is 16.8 Å². The van der Waals surface area contributed by atoms with Gasteiger partial charge in [-0.25, -0.2) is 0 Å². The van der Waals surface area contributed by atoms with Gasteiger partial charge >= 0.3 is 0 Å². The summed E-state index contributed by atoms with van der Waals surface area (Å²) in [6, 6.07) is 7.84. The van der Waals surface area contributed by atoms with Gasteiger partial charge in [-0.2, -0.15) is 0 Å². The fourth-order valence-corrected chi connectivity index (χ4v) is 2.58. The fraction of sp³-hybridized carbons (Fsp3) is 0.400. The Bertz CT molecular complexity index is 606. The minimum absolute atomic E-state index is 0.112. The van der Waals surface area contributed by atoms with E-state index in [-0.39, 0.29) is 11.2 Å². The van der Waals surface area contributed by atoms with Gasteiger partial charge in [-0.05, 0) is 38.1 Å². The molecule has 18 heavy (non-hydrogen) atoms. The third-order valence-electron chi connectivity index (χ3n) is 3.81. The molecule has 0 radical (unpaired) electrons. The monoisotopic (exact) mass is 243 g/mol. The van der Waals surface area contributed by atoms with Crippen molar-refractivity contribution in [1.29, 1.82) is 0 Å². The molecule has 1 aromatic heterocycles. The Hall–Kier alpha value is -1.61. The summed E-state index contributed by atoms with van der Waals surface area (Å²) in [6.07, 6.45) is 0.877. The summed E-state index contributed by atoms with van der Waals surface area (Å²) in [4.78, 5) is 12.5. The number of aryl methyl sites for hydroxylation is 1. The van der Waals surface area contributed by atoms with Crippen LogP contribution in [0.3, 0.4) is 0 Å². The minimum atomic E-state index is -0.317. The van der Waals surface area contributed by atoms with Gasteiger partial charge in [0.1, 0.15) is 5.58 Å². The molecule has 3 nitrogen and oxygen atoms in total. The van der Waals surface area contributed by atoms with Gasteiger partial charge in [0.2, 0.25) is 5.78 Å². The summed E-state index contributed by atoms with van der Waals surface area (Å²) >= 11 is 0. The van der Waals surface area contributed by atoms with Gasteiger partial charge in [-0.15, -0.1) is 0 Å². The van der Waals surface area contributed by atoms with Crippen molar-refractivity contribution in [1.82, 2.24) is 5.32 Å². The Kier molecular flexibility index (Phi) is 2.52. The topological polar surface area (TPSA) is 42.2 Å². The zero-order valence-corrected chi connectivity index (χ0v) is 10.7. The molecule has 1 saturated heterocycles. The minimum Gasteiger partial charge on any atom is -0.453 e. The van der Waals surface area contributed by atoms with E-state index in [1.165, 1.54) is 5.56 Å². The van der Waals surface area contributed by atoms with Gasteiger partial charge in [-0.1, -0.05) is 18.6 Å². The van der Waals surface area contributed by atoms with Crippen LogP contribution in [0.5, 0.6) is 0 Å². The number of fused-ring (bicyclic) bond motifs is 1. The first-order valence-electron chi connectivity index (χ1n) is 6.34. The lowest BCUT2D eigenvalue weighted by molar-refractivity contribution is 0.0811. The van der Waals surface area contributed by atoms with Crippen LogP contribution in [0.2, 0.25) is 0 Å². The molecule has 94 valence electrons. The summed E-state index contributed by atoms with van der Waals surface area (Å²) in [7, 11) is 0. The molecule has 1 unspecified atom stereocenters. The molecule has 0 aliphatic carbocycles. The normalized spacial score (nSPS) is 23.7. The van der Waals surface area contributed by atoms with Crippen LogP contribution in [0.15, 0.2) is 28.7 Å². The fourth-order valence-electron chi connectivity index (χ4n) is 2.58. The Balaban J connectivity index is 2.01. The second kappa shape index (κ2) is 3.95. The highest BCUT2D eigenvalue weighted by Crippen LogP contribution is 2.31. The first-order chi connectivity index (χ1) is 8.58. The Labute approximate surface area is 106 Å². The summed E-state index contributed by atoms with van der Waals surface area (Å²) < 4.78 is 5.69. The number of hydrogen-bond acceptors (Lipinski definition) is 3. The molecule has 1 atom stereocenters. The van der Waals surface area contributed by atoms with Crippen LogP contribution < -0.4 is 5.32 Å². The summed E-state index contributed by atoms with van der Waals surface area (Å²) in [5.41, 5.74) is 1.65. The standard InChI is InChI=1S/C15H17NO2/c1-10-3-4-12-11(7-10)8-13(18-12)14(17)15(2)5-6-16-9-15/h3-4,7-8,16H,5-6,9H2,1-2H3. The van der Waals surface area contributed by atoms with Gasteiger partial charge in [0.05, 0.1) is 0 Å². The van der Waals surface area contributed by atoms with E-state index >= 15 is 0 Å². The van der Waals surface area contributed by atoms with E-state index in [4.69, 9.17) is 4.42 Å². The van der Waals surface area contributed by atoms with Crippen LogP contribution in [-0.4, -0.2) is 18.9 Å². The van der Waals surface area contributed by atoms with Crippen LogP contribution in [0.4, 0.5) is 0 Å². The lowest BCUT2D eigenvalue weighted by Gasteiger charge is -2.18. The molecule has 3 heteroatoms. The zero-order valence-electron chi connectivity index (χ0n) is 10.7. The van der Waals surface area contributed by atoms with E-state index in [1.807, 2.05) is 38.1 Å². The quantitative estimate of drug-likeness (QED) is 0.825. The van der Waals surface area contributed by atoms with E-state index in [0.29, 0.717) is 5.76 Å². The molecule has 0 spiro atoms. The van der Waals surface area contributed by atoms with Crippen LogP contribution in [0.1, 0.15) is 29.5 Å². The second-order valence-electron chi connectivity index (χ2n) is 5.47. The van der Waals surface area contributed by atoms with E-state index < -0.39 is 0 Å². The van der Waals surface area contributed by atoms with Crippen molar-refractivity contribution in [3.63, 3.8) is 0 Å². The van der Waals surface area contributed by atoms with E-state index in [2.05, 4.69) is 5.32 Å². The van der Waals surface area contributed by atoms with Crippen molar-refractivity contribution in [3.8, 4) is 0 Å². The van der Waals surface area contributed by atoms with E-state index in [9.17, 15) is 4.79 Å². The van der Waals surface area contributed by atoms with Gasteiger partial charge in [-0.3, -0.25) is 4.79 Å². The largest absolute Gasteiger partial charge is 0.453 e. The highest BCUT2D eigenvalue weighted by molar-refractivity contribution is 6.01. The maximum absolute atomic E-state index is 12.5. The van der Waals surface area contributed by atoms with Crippen molar-refractivity contribution in [3.05, 3.63) is 35.6 Å². The summed E-state index contributed by atoms with van der Waals surface area (Å²) in [5, 5.41) is 4.25. The predicted octanol–water partition coefficient (Wildman–Crippen LogP) is 2.92. The molecule has 1 aliphatic heterocycles. The molecule has 1 aliphatic rings. The smallest absolute Gasteiger partial charge is 0.205 e. The molecule has 0 amide bonds. The molecule has 1 aromatic carbocycles. The Morgan fingerprint density at radius 3 is 2.94 bits per heavy atom. The van der Waals surface area contributed by atoms with E-state index in [1.54, 1.807) is 0 Å². The van der Waals surface area contributed by atoms with Crippen molar-refractivity contribution in [2.75, 3.05) is 13.1 Å². The number of benzene rings is 1. The van der Waals surface area contributed by atoms with Crippen LogP contribution >= 0.6 is 0 Å². The molecule has 1 N–H and O–H groups in total. The van der Waals surface area contributed by atoms with E-state index in [0.717, 1.165) is 30.5 Å². The Morgan fingerprint density at radius 1 is 1.39 bits per heavy atom. The molecule has 1 fully saturated rings. The first-order valence-corrected chi connectivity index (χ1v) is 6.34. The average Bonchev–Trinajstić information content (AvgIpc) is 2.94. The van der Waals surface area contributed by atoms with Crippen molar-refractivity contribution < 1.29 is 9.21 Å². The first kappa shape index (κ1) is 11.5. The predicted molar refractivity (Wildman–Crippen MR) is 70.9 cm³/mol. The number of ketones is 1. The molecule has 2 aromatic rings. The van der Waals surface area contributed by atoms with Crippen LogP contribution in [0, 0.1) is 12.3 Å². The van der Waals surface area contributed by atoms with Crippen molar-refractivity contribution in [2.24, 2.45) is 5.41 Å². The maximum Gasteiger partial charge on any atom is 0.205 e. The number of carbonyl (C=O) groups excluding carboxylic acids is 1. The van der Waals surface area contributed by atoms with Crippen molar-refractivity contribution in [2.45, 2.75) is 20.3 Å². The third-order valence-corrected chi connectivity index (χ3v) is 3.81. The highest BCUT2D eigenvalue weighted by Gasteiger charge is 2.38. The van der Waals surface area contributed by atoms with Gasteiger partial charge in [0, 0.05) is 17.3 Å². The molecular formula is C15H17NO2. The lowest BCUT2D eigenvalue weighted by atomic mass is 9.84. The van der Waals surface area contributed by atoms with Crippen LogP contribution in [0.25, 0.3) is 11.0 Å². The molecule has 3 rings (SSSR count). The number of furan rings is 1. The number of rotatable bonds is 2.